The monoisotopic (exact) mass is 373 g/mol. The summed E-state index contributed by atoms with van der Waals surface area (Å²) < 4.78 is 63.3. The van der Waals surface area contributed by atoms with Gasteiger partial charge in [0, 0.05) is 0 Å². The number of ether oxygens (including phenoxy) is 1. The summed E-state index contributed by atoms with van der Waals surface area (Å²) in [6.45, 7) is 0. The Kier molecular flexibility index (Phi) is 4.16. The molecule has 9 heteroatoms. The summed E-state index contributed by atoms with van der Waals surface area (Å²) in [6, 6.07) is 0.634. The number of aromatic nitrogens is 1. The van der Waals surface area contributed by atoms with E-state index in [0.717, 1.165) is 0 Å². The van der Waals surface area contributed by atoms with Crippen LogP contribution in [0.1, 0.15) is 12.1 Å². The van der Waals surface area contributed by atoms with E-state index in [0.29, 0.717) is 6.07 Å². The molecule has 0 aliphatic carbocycles. The zero-order valence-corrected chi connectivity index (χ0v) is 10.1. The quantitative estimate of drug-likeness (QED) is 0.441. The van der Waals surface area contributed by atoms with Gasteiger partial charge in [0.05, 0.1) is 5.02 Å². The fraction of sp³-hybridized carbons (Fsp3) is 0.286. The normalized spacial score (nSPS) is 12.0. The first-order valence-electron chi connectivity index (χ1n) is 3.60. The largest absolute Gasteiger partial charge is 0.573 e. The third-order valence-electron chi connectivity index (χ3n) is 1.35. The zero-order chi connectivity index (χ0) is 12.5. The molecule has 16 heavy (non-hydrogen) atoms. The Hall–Kier alpha value is -0.380. The molecule has 0 N–H and O–H groups in total. The van der Waals surface area contributed by atoms with Crippen molar-refractivity contribution in [3.63, 3.8) is 0 Å². The SMILES string of the molecule is FC(F)c1cc(Cl)c(OC(F)(F)F)c(I)n1. The van der Waals surface area contributed by atoms with Crippen LogP contribution in [-0.2, 0) is 0 Å². The smallest absolute Gasteiger partial charge is 0.401 e. The van der Waals surface area contributed by atoms with Crippen LogP contribution in [0.25, 0.3) is 0 Å². The number of nitrogens with zero attached hydrogens (tertiary/aromatic N) is 1. The third kappa shape index (κ3) is 3.58. The zero-order valence-electron chi connectivity index (χ0n) is 7.16. The van der Waals surface area contributed by atoms with Crippen molar-refractivity contribution in [2.45, 2.75) is 12.8 Å². The molecular weight excluding hydrogens is 371 g/mol. The van der Waals surface area contributed by atoms with Gasteiger partial charge in [0.1, 0.15) is 9.39 Å². The molecule has 0 fully saturated rings. The maximum absolute atomic E-state index is 12.2. The molecule has 0 radical (unpaired) electrons. The van der Waals surface area contributed by atoms with E-state index in [1.54, 1.807) is 0 Å². The fourth-order valence-electron chi connectivity index (χ4n) is 0.809. The predicted octanol–water partition coefficient (Wildman–Crippen LogP) is 4.18. The molecule has 0 aromatic carbocycles. The topological polar surface area (TPSA) is 22.1 Å². The molecule has 0 saturated heterocycles. The standard InChI is InChI=1S/C7H2ClF5INO/c8-2-1-3(5(9)10)15-6(14)4(2)16-7(11,12)13/h1,5H. The summed E-state index contributed by atoms with van der Waals surface area (Å²) in [5.41, 5.74) is -0.705. The number of halogens is 7. The van der Waals surface area contributed by atoms with Crippen LogP contribution in [0.2, 0.25) is 5.02 Å². The lowest BCUT2D eigenvalue weighted by molar-refractivity contribution is -0.275. The van der Waals surface area contributed by atoms with Gasteiger partial charge in [0.2, 0.25) is 0 Å². The van der Waals surface area contributed by atoms with Crippen LogP contribution in [0, 0.1) is 3.70 Å². The molecule has 0 unspecified atom stereocenters. The van der Waals surface area contributed by atoms with Gasteiger partial charge >= 0.3 is 6.36 Å². The van der Waals surface area contributed by atoms with Gasteiger partial charge in [-0.2, -0.15) is 0 Å². The lowest BCUT2D eigenvalue weighted by Gasteiger charge is -2.12. The van der Waals surface area contributed by atoms with Crippen LogP contribution in [0.5, 0.6) is 5.75 Å². The Morgan fingerprint density at radius 1 is 1.38 bits per heavy atom. The lowest BCUT2D eigenvalue weighted by Crippen LogP contribution is -2.18. The number of pyridine rings is 1. The summed E-state index contributed by atoms with van der Waals surface area (Å²) in [4.78, 5) is 3.24. The van der Waals surface area contributed by atoms with E-state index in [1.807, 2.05) is 0 Å². The summed E-state index contributed by atoms with van der Waals surface area (Å²) in [5.74, 6) is -0.779. The second kappa shape index (κ2) is 4.86. The number of alkyl halides is 5. The molecule has 0 aliphatic heterocycles. The molecule has 0 atom stereocenters. The molecule has 0 bridgehead atoms. The molecule has 1 aromatic heterocycles. The van der Waals surface area contributed by atoms with Crippen LogP contribution < -0.4 is 4.74 Å². The van der Waals surface area contributed by atoms with Gasteiger partial charge < -0.3 is 4.74 Å². The Morgan fingerprint density at radius 2 is 1.94 bits per heavy atom. The summed E-state index contributed by atoms with van der Waals surface area (Å²) in [5, 5.41) is -0.563. The van der Waals surface area contributed by atoms with Crippen LogP contribution in [-0.4, -0.2) is 11.3 Å². The molecule has 1 heterocycles. The summed E-state index contributed by atoms with van der Waals surface area (Å²) in [6.07, 6.45) is -7.86. The minimum atomic E-state index is -4.95. The highest BCUT2D eigenvalue weighted by molar-refractivity contribution is 14.1. The Labute approximate surface area is 105 Å². The molecule has 2 nitrogen and oxygen atoms in total. The van der Waals surface area contributed by atoms with Gasteiger partial charge in [-0.05, 0) is 28.7 Å². The minimum absolute atomic E-state index is 0.377. The first kappa shape index (κ1) is 13.7. The Balaban J connectivity index is 3.13. The van der Waals surface area contributed by atoms with E-state index in [9.17, 15) is 22.0 Å². The molecule has 0 spiro atoms. The number of rotatable bonds is 2. The Bertz CT molecular complexity index is 374. The van der Waals surface area contributed by atoms with E-state index < -0.39 is 29.3 Å². The maximum Gasteiger partial charge on any atom is 0.573 e. The van der Waals surface area contributed by atoms with Gasteiger partial charge in [-0.25, -0.2) is 13.8 Å². The summed E-state index contributed by atoms with van der Waals surface area (Å²) >= 11 is 6.71. The van der Waals surface area contributed by atoms with Gasteiger partial charge in [0.15, 0.2) is 5.75 Å². The first-order valence-corrected chi connectivity index (χ1v) is 5.06. The van der Waals surface area contributed by atoms with Gasteiger partial charge in [-0.3, -0.25) is 0 Å². The van der Waals surface area contributed by atoms with Crippen molar-refractivity contribution in [3.8, 4) is 5.75 Å². The van der Waals surface area contributed by atoms with Crippen molar-refractivity contribution in [2.75, 3.05) is 0 Å². The van der Waals surface area contributed by atoms with Crippen molar-refractivity contribution in [1.82, 2.24) is 4.98 Å². The minimum Gasteiger partial charge on any atom is -0.401 e. The second-order valence-corrected chi connectivity index (χ2v) is 3.93. The predicted molar refractivity (Wildman–Crippen MR) is 53.6 cm³/mol. The van der Waals surface area contributed by atoms with Gasteiger partial charge in [-0.15, -0.1) is 13.2 Å². The molecule has 1 rings (SSSR count). The van der Waals surface area contributed by atoms with Crippen molar-refractivity contribution >= 4 is 34.2 Å². The number of hydrogen-bond acceptors (Lipinski definition) is 2. The highest BCUT2D eigenvalue weighted by atomic mass is 127. The van der Waals surface area contributed by atoms with Crippen molar-refractivity contribution in [3.05, 3.63) is 20.5 Å². The molecule has 1 aromatic rings. The maximum atomic E-state index is 12.2. The van der Waals surface area contributed by atoms with E-state index in [-0.39, 0.29) is 3.70 Å². The van der Waals surface area contributed by atoms with Crippen molar-refractivity contribution in [2.24, 2.45) is 0 Å². The van der Waals surface area contributed by atoms with E-state index >= 15 is 0 Å². The summed E-state index contributed by atoms with van der Waals surface area (Å²) in [7, 11) is 0. The second-order valence-electron chi connectivity index (χ2n) is 2.50. The van der Waals surface area contributed by atoms with Crippen molar-refractivity contribution < 1.29 is 26.7 Å². The van der Waals surface area contributed by atoms with E-state index in [2.05, 4.69) is 9.72 Å². The lowest BCUT2D eigenvalue weighted by atomic mass is 10.3. The van der Waals surface area contributed by atoms with E-state index in [1.165, 1.54) is 22.6 Å². The number of hydrogen-bond donors (Lipinski definition) is 0. The molecular formula is C7H2ClF5INO. The van der Waals surface area contributed by atoms with Crippen molar-refractivity contribution in [1.29, 1.82) is 0 Å². The molecule has 90 valence electrons. The fourth-order valence-corrected chi connectivity index (χ4v) is 1.89. The molecule has 0 saturated carbocycles. The third-order valence-corrected chi connectivity index (χ3v) is 2.36. The highest BCUT2D eigenvalue weighted by Crippen LogP contribution is 2.35. The Morgan fingerprint density at radius 3 is 2.31 bits per heavy atom. The van der Waals surface area contributed by atoms with Crippen LogP contribution in [0.3, 0.4) is 0 Å². The van der Waals surface area contributed by atoms with Gasteiger partial charge in [0.25, 0.3) is 6.43 Å². The molecule has 0 aliphatic rings. The van der Waals surface area contributed by atoms with E-state index in [4.69, 9.17) is 11.6 Å². The van der Waals surface area contributed by atoms with Crippen LogP contribution in [0.4, 0.5) is 22.0 Å². The molecule has 0 amide bonds. The average molecular weight is 373 g/mol. The first-order chi connectivity index (χ1) is 7.20. The average Bonchev–Trinajstić information content (AvgIpc) is 2.09. The van der Waals surface area contributed by atoms with Crippen LogP contribution in [0.15, 0.2) is 6.07 Å². The van der Waals surface area contributed by atoms with Crippen LogP contribution >= 0.6 is 34.2 Å². The van der Waals surface area contributed by atoms with Gasteiger partial charge in [-0.1, -0.05) is 11.6 Å². The highest BCUT2D eigenvalue weighted by Gasteiger charge is 2.33.